The molecule has 2 aliphatic rings. The molecule has 0 aromatic carbocycles. The summed E-state index contributed by atoms with van der Waals surface area (Å²) in [6, 6.07) is 0.365. The lowest BCUT2D eigenvalue weighted by Crippen LogP contribution is -2.27. The predicted octanol–water partition coefficient (Wildman–Crippen LogP) is 9.02. The Morgan fingerprint density at radius 3 is 1.85 bits per heavy atom. The highest BCUT2D eigenvalue weighted by Crippen LogP contribution is 2.55. The first-order chi connectivity index (χ1) is 18.9. The highest BCUT2D eigenvalue weighted by molar-refractivity contribution is 7.48. The van der Waals surface area contributed by atoms with Crippen molar-refractivity contribution in [2.24, 2.45) is 0 Å². The Balaban J connectivity index is 1.72. The lowest BCUT2D eigenvalue weighted by Gasteiger charge is -2.30. The molecule has 2 aromatic rings. The van der Waals surface area contributed by atoms with Crippen LogP contribution in [0.1, 0.15) is 149 Å². The van der Waals surface area contributed by atoms with Crippen molar-refractivity contribution in [2.45, 2.75) is 161 Å². The molecule has 4 rings (SSSR count). The minimum Gasteiger partial charge on any atom is -0.329 e. The van der Waals surface area contributed by atoms with Crippen LogP contribution in [-0.2, 0) is 24.9 Å². The van der Waals surface area contributed by atoms with E-state index in [1.807, 2.05) is 0 Å². The summed E-state index contributed by atoms with van der Waals surface area (Å²) in [4.78, 5) is 19.0. The maximum absolute atomic E-state index is 14.1. The molecule has 2 fully saturated rings. The van der Waals surface area contributed by atoms with Crippen LogP contribution in [0.4, 0.5) is 0 Å². The largest absolute Gasteiger partial charge is 0.477 e. The van der Waals surface area contributed by atoms with Crippen LogP contribution in [0.25, 0.3) is 11.0 Å². The van der Waals surface area contributed by atoms with Gasteiger partial charge in [-0.05, 0) is 78.7 Å². The normalized spacial score (nSPS) is 19.8. The van der Waals surface area contributed by atoms with Gasteiger partial charge in [0.1, 0.15) is 18.7 Å². The van der Waals surface area contributed by atoms with Crippen LogP contribution < -0.4 is 5.56 Å². The third kappa shape index (κ3) is 8.53. The molecule has 0 amide bonds. The minimum atomic E-state index is -3.98. The fourth-order valence-corrected chi connectivity index (χ4v) is 7.99. The van der Waals surface area contributed by atoms with Gasteiger partial charge in [0.15, 0.2) is 0 Å². The zero-order valence-corrected chi connectivity index (χ0v) is 26.6. The highest BCUT2D eigenvalue weighted by atomic mass is 31.2. The molecule has 2 heterocycles. The van der Waals surface area contributed by atoms with E-state index < -0.39 is 19.0 Å². The quantitative estimate of drug-likeness (QED) is 0.305. The molecule has 9 heteroatoms. The number of fused-ring (bicyclic) bond motifs is 1. The van der Waals surface area contributed by atoms with Gasteiger partial charge >= 0.3 is 7.82 Å². The molecule has 8 nitrogen and oxygen atoms in total. The number of aromatic nitrogens is 3. The summed E-state index contributed by atoms with van der Waals surface area (Å²) in [5, 5.41) is 0.696. The van der Waals surface area contributed by atoms with E-state index in [-0.39, 0.29) is 12.3 Å². The van der Waals surface area contributed by atoms with Gasteiger partial charge in [-0.2, -0.15) is 0 Å². The Morgan fingerprint density at radius 1 is 0.825 bits per heavy atom. The van der Waals surface area contributed by atoms with E-state index in [0.29, 0.717) is 17.3 Å². The summed E-state index contributed by atoms with van der Waals surface area (Å²) in [6.07, 6.45) is 20.7. The second-order valence-electron chi connectivity index (χ2n) is 13.9. The summed E-state index contributed by atoms with van der Waals surface area (Å²) in [6.45, 7) is 10.5. The maximum atomic E-state index is 14.1. The molecule has 0 atom stereocenters. The van der Waals surface area contributed by atoms with Gasteiger partial charge in [0.25, 0.3) is 5.56 Å². The average Bonchev–Trinajstić information content (AvgIpc) is 3.16. The van der Waals surface area contributed by atoms with Gasteiger partial charge in [-0.3, -0.25) is 22.9 Å². The summed E-state index contributed by atoms with van der Waals surface area (Å²) < 4.78 is 34.7. The van der Waals surface area contributed by atoms with Crippen LogP contribution in [0.3, 0.4) is 0 Å². The van der Waals surface area contributed by atoms with E-state index in [1.54, 1.807) is 41.5 Å². The van der Waals surface area contributed by atoms with Crippen molar-refractivity contribution in [1.29, 1.82) is 0 Å². The molecule has 2 saturated carbocycles. The number of hydrogen-bond donors (Lipinski definition) is 0. The molecule has 0 radical (unpaired) electrons. The standard InChI is InChI=1S/C31H52N3O5P/c1-30(2,3)38-40(36,39-31(4,5)6)37-23-33-22-32-28-27(29(33)35)26(24-17-13-9-7-10-14-18-24)21-34(28)25-19-15-11-8-12-16-20-25/h21-22,24-25H,7-20,23H2,1-6H3. The molecular formula is C31H52N3O5P. The van der Waals surface area contributed by atoms with Crippen molar-refractivity contribution in [3.8, 4) is 0 Å². The van der Waals surface area contributed by atoms with E-state index in [4.69, 9.17) is 18.6 Å². The van der Waals surface area contributed by atoms with Gasteiger partial charge in [-0.25, -0.2) is 9.55 Å². The van der Waals surface area contributed by atoms with E-state index in [1.165, 1.54) is 75.1 Å². The molecule has 2 aromatic heterocycles. The molecule has 0 N–H and O–H groups in total. The molecule has 0 aliphatic heterocycles. The van der Waals surface area contributed by atoms with Crippen molar-refractivity contribution < 1.29 is 18.1 Å². The Labute approximate surface area is 240 Å². The van der Waals surface area contributed by atoms with Gasteiger partial charge in [0, 0.05) is 12.2 Å². The Morgan fingerprint density at radius 2 is 1.32 bits per heavy atom. The molecule has 226 valence electrons. The molecule has 0 spiro atoms. The van der Waals surface area contributed by atoms with E-state index in [9.17, 15) is 9.36 Å². The van der Waals surface area contributed by atoms with Gasteiger partial charge in [0.05, 0.1) is 16.6 Å². The number of nitrogens with zero attached hydrogens (tertiary/aromatic N) is 3. The topological polar surface area (TPSA) is 84.6 Å². The Hall–Kier alpha value is -1.47. The smallest absolute Gasteiger partial charge is 0.329 e. The van der Waals surface area contributed by atoms with Crippen molar-refractivity contribution in [2.75, 3.05) is 0 Å². The minimum absolute atomic E-state index is 0.148. The second-order valence-corrected chi connectivity index (χ2v) is 15.4. The Bertz CT molecular complexity index is 1190. The van der Waals surface area contributed by atoms with Crippen LogP contribution >= 0.6 is 7.82 Å². The SMILES string of the molecule is CC(C)(C)OP(=O)(OCn1cnc2c(c(C3CCCCCCC3)cn2C2CCCCCCC2)c1=O)OC(C)(C)C. The first-order valence-corrected chi connectivity index (χ1v) is 17.1. The summed E-state index contributed by atoms with van der Waals surface area (Å²) in [7, 11) is -3.98. The maximum Gasteiger partial charge on any atom is 0.477 e. The number of hydrogen-bond acceptors (Lipinski definition) is 6. The highest BCUT2D eigenvalue weighted by Gasteiger charge is 2.37. The molecule has 0 saturated heterocycles. The number of rotatable bonds is 7. The zero-order chi connectivity index (χ0) is 29.0. The van der Waals surface area contributed by atoms with E-state index in [0.717, 1.165) is 36.9 Å². The van der Waals surface area contributed by atoms with Crippen molar-refractivity contribution in [3.63, 3.8) is 0 Å². The van der Waals surface area contributed by atoms with Crippen LogP contribution in [0.5, 0.6) is 0 Å². The fourth-order valence-electron chi connectivity index (χ4n) is 6.24. The van der Waals surface area contributed by atoms with Crippen LogP contribution in [-0.4, -0.2) is 25.3 Å². The molecule has 2 aliphatic carbocycles. The monoisotopic (exact) mass is 577 g/mol. The van der Waals surface area contributed by atoms with Gasteiger partial charge in [-0.1, -0.05) is 64.2 Å². The Kier molecular flexibility index (Phi) is 10.4. The van der Waals surface area contributed by atoms with E-state index in [2.05, 4.69) is 10.8 Å². The third-order valence-corrected chi connectivity index (χ3v) is 9.94. The number of phosphoric ester groups is 1. The van der Waals surface area contributed by atoms with Crippen molar-refractivity contribution in [3.05, 3.63) is 28.4 Å². The summed E-state index contributed by atoms with van der Waals surface area (Å²) in [5.74, 6) is 0.350. The average molecular weight is 578 g/mol. The molecule has 0 unspecified atom stereocenters. The van der Waals surface area contributed by atoms with Gasteiger partial charge < -0.3 is 4.57 Å². The zero-order valence-electron chi connectivity index (χ0n) is 25.7. The first-order valence-electron chi connectivity index (χ1n) is 15.6. The number of phosphoric acid groups is 1. The molecular weight excluding hydrogens is 525 g/mol. The fraction of sp³-hybridized carbons (Fsp3) is 0.806. The summed E-state index contributed by atoms with van der Waals surface area (Å²) >= 11 is 0. The van der Waals surface area contributed by atoms with Crippen molar-refractivity contribution in [1.82, 2.24) is 14.1 Å². The third-order valence-electron chi connectivity index (χ3n) is 7.97. The van der Waals surface area contributed by atoms with Crippen LogP contribution in [0, 0.1) is 0 Å². The second kappa shape index (κ2) is 13.2. The van der Waals surface area contributed by atoms with Gasteiger partial charge in [-0.15, -0.1) is 0 Å². The molecule has 0 bridgehead atoms. The van der Waals surface area contributed by atoms with Gasteiger partial charge in [0.2, 0.25) is 0 Å². The molecule has 40 heavy (non-hydrogen) atoms. The predicted molar refractivity (Wildman–Crippen MR) is 161 cm³/mol. The lowest BCUT2D eigenvalue weighted by molar-refractivity contribution is -0.00656. The first kappa shape index (κ1) is 31.5. The van der Waals surface area contributed by atoms with E-state index >= 15 is 0 Å². The van der Waals surface area contributed by atoms with Crippen molar-refractivity contribution >= 4 is 18.9 Å². The van der Waals surface area contributed by atoms with Crippen LogP contribution in [0.2, 0.25) is 0 Å². The summed E-state index contributed by atoms with van der Waals surface area (Å²) in [5.41, 5.74) is 0.252. The van der Waals surface area contributed by atoms with Crippen LogP contribution in [0.15, 0.2) is 17.3 Å². The lowest BCUT2D eigenvalue weighted by atomic mass is 9.86.